The van der Waals surface area contributed by atoms with E-state index < -0.39 is 23.1 Å². The van der Waals surface area contributed by atoms with Gasteiger partial charge in [-0.3, -0.25) is 19.1 Å². The lowest BCUT2D eigenvalue weighted by Gasteiger charge is -2.35. The summed E-state index contributed by atoms with van der Waals surface area (Å²) in [7, 11) is 4.18. The molecule has 3 heterocycles. The van der Waals surface area contributed by atoms with E-state index in [9.17, 15) is 18.4 Å². The molecule has 1 amide bonds. The number of amides is 1. The van der Waals surface area contributed by atoms with Crippen LogP contribution in [0.25, 0.3) is 11.0 Å². The molecule has 2 aromatic heterocycles. The third-order valence-corrected chi connectivity index (χ3v) is 7.13. The Morgan fingerprint density at radius 2 is 1.82 bits per heavy atom. The monoisotopic (exact) mass is 533 g/mol. The summed E-state index contributed by atoms with van der Waals surface area (Å²) in [6.45, 7) is 2.21. The lowest BCUT2D eigenvalue weighted by Crippen LogP contribution is -2.42. The van der Waals surface area contributed by atoms with E-state index in [1.807, 2.05) is 25.2 Å². The molecule has 0 radical (unpaired) electrons. The highest BCUT2D eigenvalue weighted by molar-refractivity contribution is 5.93. The molecule has 0 bridgehead atoms. The lowest BCUT2D eigenvalue weighted by molar-refractivity contribution is 0.0948. The number of benzene rings is 2. The second kappa shape index (κ2) is 11.2. The van der Waals surface area contributed by atoms with E-state index >= 15 is 0 Å². The van der Waals surface area contributed by atoms with Crippen molar-refractivity contribution < 1.29 is 13.6 Å². The van der Waals surface area contributed by atoms with Gasteiger partial charge in [-0.25, -0.2) is 18.7 Å². The molecule has 1 aliphatic heterocycles. The largest absolute Gasteiger partial charge is 0.355 e. The molecular formula is C28H29F2N7O2. The van der Waals surface area contributed by atoms with E-state index in [1.165, 1.54) is 23.2 Å². The van der Waals surface area contributed by atoms with Gasteiger partial charge in [-0.15, -0.1) is 0 Å². The number of nitrogens with zero attached hydrogens (tertiary/aromatic N) is 6. The summed E-state index contributed by atoms with van der Waals surface area (Å²) in [5.41, 5.74) is 1.90. The number of aromatic nitrogens is 4. The fourth-order valence-corrected chi connectivity index (χ4v) is 4.73. The van der Waals surface area contributed by atoms with Gasteiger partial charge in [0.1, 0.15) is 11.4 Å². The predicted molar refractivity (Wildman–Crippen MR) is 144 cm³/mol. The highest BCUT2D eigenvalue weighted by Crippen LogP contribution is 2.22. The van der Waals surface area contributed by atoms with Crippen LogP contribution in [0.5, 0.6) is 0 Å². The minimum atomic E-state index is -1.01. The third kappa shape index (κ3) is 5.93. The molecule has 11 heteroatoms. The molecule has 0 spiro atoms. The average molecular weight is 534 g/mol. The van der Waals surface area contributed by atoms with Crippen LogP contribution in [0.15, 0.2) is 59.9 Å². The van der Waals surface area contributed by atoms with Crippen LogP contribution in [0.1, 0.15) is 34.3 Å². The standard InChI is InChI=1S/C28H29F2N7O2/c1-35-9-7-20(8-10-35)36(2)26-15-32-24-6-4-18(12-25(24)34-26)13-33-27(38)21-14-31-17-37(28(21)39)16-19-3-5-22(29)23(30)11-19/h3-6,11-12,14-15,17,20H,7-10,13,16H2,1-2H3,(H,33,38). The average Bonchev–Trinajstić information content (AvgIpc) is 2.94. The zero-order valence-corrected chi connectivity index (χ0v) is 21.8. The summed E-state index contributed by atoms with van der Waals surface area (Å²) >= 11 is 0. The molecule has 0 unspecified atom stereocenters. The number of carbonyl (C=O) groups excluding carboxylic acids is 1. The van der Waals surface area contributed by atoms with Gasteiger partial charge in [0.15, 0.2) is 11.6 Å². The lowest BCUT2D eigenvalue weighted by atomic mass is 10.0. The van der Waals surface area contributed by atoms with E-state index in [0.29, 0.717) is 17.1 Å². The fourth-order valence-electron chi connectivity index (χ4n) is 4.73. The zero-order valence-electron chi connectivity index (χ0n) is 21.8. The molecule has 0 atom stereocenters. The SMILES string of the molecule is CN1CCC(N(C)c2cnc3ccc(CNC(=O)c4cncn(Cc5ccc(F)c(F)c5)c4=O)cc3n2)CC1. The van der Waals surface area contributed by atoms with Gasteiger partial charge in [0.05, 0.1) is 30.1 Å². The number of rotatable bonds is 7. The molecular weight excluding hydrogens is 504 g/mol. The molecule has 1 fully saturated rings. The summed E-state index contributed by atoms with van der Waals surface area (Å²) in [5, 5.41) is 2.76. The number of hydrogen-bond acceptors (Lipinski definition) is 7. The van der Waals surface area contributed by atoms with E-state index in [1.54, 1.807) is 6.20 Å². The van der Waals surface area contributed by atoms with E-state index in [-0.39, 0.29) is 18.7 Å². The normalized spacial score (nSPS) is 14.5. The minimum Gasteiger partial charge on any atom is -0.355 e. The van der Waals surface area contributed by atoms with Gasteiger partial charge >= 0.3 is 0 Å². The number of fused-ring (bicyclic) bond motifs is 1. The van der Waals surface area contributed by atoms with Crippen molar-refractivity contribution >= 4 is 22.8 Å². The Kier molecular flexibility index (Phi) is 7.60. The molecule has 39 heavy (non-hydrogen) atoms. The first-order chi connectivity index (χ1) is 18.8. The summed E-state index contributed by atoms with van der Waals surface area (Å²) in [6.07, 6.45) is 6.36. The second-order valence-electron chi connectivity index (χ2n) is 9.87. The van der Waals surface area contributed by atoms with Crippen LogP contribution in [0.2, 0.25) is 0 Å². The Morgan fingerprint density at radius 3 is 2.59 bits per heavy atom. The number of hydrogen-bond donors (Lipinski definition) is 1. The highest BCUT2D eigenvalue weighted by Gasteiger charge is 2.22. The van der Waals surface area contributed by atoms with E-state index in [2.05, 4.69) is 32.1 Å². The van der Waals surface area contributed by atoms with Crippen molar-refractivity contribution in [3.8, 4) is 0 Å². The molecule has 1 aliphatic rings. The van der Waals surface area contributed by atoms with Crippen molar-refractivity contribution in [2.24, 2.45) is 0 Å². The molecule has 4 aromatic rings. The molecule has 9 nitrogen and oxygen atoms in total. The van der Waals surface area contributed by atoms with Crippen LogP contribution in [-0.2, 0) is 13.1 Å². The molecule has 5 rings (SSSR count). The summed E-state index contributed by atoms with van der Waals surface area (Å²) < 4.78 is 28.0. The Labute approximate surface area is 224 Å². The molecule has 0 saturated carbocycles. The first-order valence-electron chi connectivity index (χ1n) is 12.7. The molecule has 202 valence electrons. The van der Waals surface area contributed by atoms with Crippen molar-refractivity contribution in [1.29, 1.82) is 0 Å². The minimum absolute atomic E-state index is 0.0537. The fraction of sp³-hybridized carbons (Fsp3) is 0.321. The smallest absolute Gasteiger partial charge is 0.266 e. The molecule has 2 aromatic carbocycles. The Balaban J connectivity index is 1.27. The van der Waals surface area contributed by atoms with Crippen LogP contribution >= 0.6 is 0 Å². The number of piperidine rings is 1. The van der Waals surface area contributed by atoms with E-state index in [0.717, 1.165) is 55.0 Å². The van der Waals surface area contributed by atoms with Gasteiger partial charge in [0.2, 0.25) is 0 Å². The Hall–Kier alpha value is -4.25. The Morgan fingerprint density at radius 1 is 1.05 bits per heavy atom. The quantitative estimate of drug-likeness (QED) is 0.390. The van der Waals surface area contributed by atoms with Crippen LogP contribution in [-0.4, -0.2) is 63.6 Å². The number of anilines is 1. The molecule has 0 aliphatic carbocycles. The first kappa shape index (κ1) is 26.4. The van der Waals surface area contributed by atoms with Gasteiger partial charge in [-0.2, -0.15) is 0 Å². The summed E-state index contributed by atoms with van der Waals surface area (Å²) in [5.74, 6) is -1.77. The first-order valence-corrected chi connectivity index (χ1v) is 12.7. The summed E-state index contributed by atoms with van der Waals surface area (Å²) in [6, 6.07) is 9.35. The maximum atomic E-state index is 13.6. The van der Waals surface area contributed by atoms with Gasteiger partial charge in [-0.05, 0) is 68.4 Å². The third-order valence-electron chi connectivity index (χ3n) is 7.13. The second-order valence-corrected chi connectivity index (χ2v) is 9.87. The Bertz CT molecular complexity index is 1570. The van der Waals surface area contributed by atoms with Crippen LogP contribution in [0.3, 0.4) is 0 Å². The van der Waals surface area contributed by atoms with E-state index in [4.69, 9.17) is 4.98 Å². The highest BCUT2D eigenvalue weighted by atomic mass is 19.2. The van der Waals surface area contributed by atoms with Crippen LogP contribution in [0.4, 0.5) is 14.6 Å². The number of carbonyl (C=O) groups is 1. The van der Waals surface area contributed by atoms with Crippen molar-refractivity contribution in [3.63, 3.8) is 0 Å². The maximum Gasteiger partial charge on any atom is 0.266 e. The topological polar surface area (TPSA) is 96.2 Å². The number of halogens is 2. The van der Waals surface area contributed by atoms with Gasteiger partial charge in [-0.1, -0.05) is 12.1 Å². The van der Waals surface area contributed by atoms with Crippen molar-refractivity contribution in [3.05, 3.63) is 93.8 Å². The van der Waals surface area contributed by atoms with Gasteiger partial charge in [0.25, 0.3) is 11.5 Å². The van der Waals surface area contributed by atoms with Crippen molar-refractivity contribution in [2.75, 3.05) is 32.1 Å². The maximum absolute atomic E-state index is 13.6. The molecule has 1 N–H and O–H groups in total. The van der Waals surface area contributed by atoms with Crippen molar-refractivity contribution in [2.45, 2.75) is 32.0 Å². The number of nitrogens with one attached hydrogen (secondary N) is 1. The number of likely N-dealkylation sites (tertiary alicyclic amines) is 1. The zero-order chi connectivity index (χ0) is 27.5. The van der Waals surface area contributed by atoms with Gasteiger partial charge < -0.3 is 15.1 Å². The van der Waals surface area contributed by atoms with Crippen LogP contribution < -0.4 is 15.8 Å². The van der Waals surface area contributed by atoms with Crippen molar-refractivity contribution in [1.82, 2.24) is 29.7 Å². The van der Waals surface area contributed by atoms with Gasteiger partial charge in [0, 0.05) is 25.8 Å². The predicted octanol–water partition coefficient (Wildman–Crippen LogP) is 2.97. The summed E-state index contributed by atoms with van der Waals surface area (Å²) in [4.78, 5) is 43.6. The molecule has 1 saturated heterocycles. The van der Waals surface area contributed by atoms with Crippen LogP contribution in [0, 0.1) is 11.6 Å².